The van der Waals surface area contributed by atoms with Gasteiger partial charge in [-0.25, -0.2) is 4.98 Å². The fourth-order valence-corrected chi connectivity index (χ4v) is 1.83. The normalized spacial score (nSPS) is 11.1. The Hall–Kier alpha value is -1.77. The first-order valence-corrected chi connectivity index (χ1v) is 5.97. The number of aryl methyl sites for hydroxylation is 1. The van der Waals surface area contributed by atoms with E-state index in [0.717, 1.165) is 34.4 Å². The topological polar surface area (TPSA) is 50.9 Å². The van der Waals surface area contributed by atoms with Gasteiger partial charge in [0.25, 0.3) is 0 Å². The maximum Gasteiger partial charge on any atom is 0.133 e. The predicted molar refractivity (Wildman–Crippen MR) is 74.2 cm³/mol. The van der Waals surface area contributed by atoms with E-state index in [0.29, 0.717) is 5.92 Å². The van der Waals surface area contributed by atoms with Crippen LogP contribution in [0.25, 0.3) is 10.8 Å². The SMILES string of the molecule is Cc1ccc2c(NCC(C)C)nccc2c1N. The highest BCUT2D eigenvalue weighted by Crippen LogP contribution is 2.28. The van der Waals surface area contributed by atoms with Gasteiger partial charge in [-0.05, 0) is 24.5 Å². The van der Waals surface area contributed by atoms with Crippen molar-refractivity contribution in [2.45, 2.75) is 20.8 Å². The van der Waals surface area contributed by atoms with Gasteiger partial charge in [0.1, 0.15) is 5.82 Å². The summed E-state index contributed by atoms with van der Waals surface area (Å²) in [6.07, 6.45) is 1.81. The molecule has 1 aromatic heterocycles. The number of fused-ring (bicyclic) bond motifs is 1. The summed E-state index contributed by atoms with van der Waals surface area (Å²) in [5, 5.41) is 5.54. The van der Waals surface area contributed by atoms with Crippen LogP contribution in [0.15, 0.2) is 24.4 Å². The van der Waals surface area contributed by atoms with E-state index in [1.165, 1.54) is 0 Å². The van der Waals surface area contributed by atoms with Crippen molar-refractivity contribution in [1.29, 1.82) is 0 Å². The third-order valence-corrected chi connectivity index (χ3v) is 2.88. The van der Waals surface area contributed by atoms with E-state index in [2.05, 4.69) is 30.2 Å². The molecule has 17 heavy (non-hydrogen) atoms. The number of pyridine rings is 1. The van der Waals surface area contributed by atoms with Crippen molar-refractivity contribution in [2.75, 3.05) is 17.6 Å². The maximum absolute atomic E-state index is 6.09. The van der Waals surface area contributed by atoms with Crippen LogP contribution >= 0.6 is 0 Å². The molecule has 3 heteroatoms. The summed E-state index contributed by atoms with van der Waals surface area (Å²) < 4.78 is 0. The second-order valence-corrected chi connectivity index (χ2v) is 4.83. The molecular weight excluding hydrogens is 210 g/mol. The van der Waals surface area contributed by atoms with Crippen LogP contribution in [0.1, 0.15) is 19.4 Å². The number of nitrogen functional groups attached to an aromatic ring is 1. The van der Waals surface area contributed by atoms with Gasteiger partial charge in [-0.2, -0.15) is 0 Å². The number of anilines is 2. The van der Waals surface area contributed by atoms with Gasteiger partial charge in [0.05, 0.1) is 0 Å². The minimum absolute atomic E-state index is 0.592. The van der Waals surface area contributed by atoms with Crippen LogP contribution in [0.5, 0.6) is 0 Å². The predicted octanol–water partition coefficient (Wildman–Crippen LogP) is 3.19. The largest absolute Gasteiger partial charge is 0.398 e. The van der Waals surface area contributed by atoms with Crippen molar-refractivity contribution in [3.8, 4) is 0 Å². The number of nitrogens with two attached hydrogens (primary N) is 1. The summed E-state index contributed by atoms with van der Waals surface area (Å²) >= 11 is 0. The van der Waals surface area contributed by atoms with Crippen LogP contribution in [0.2, 0.25) is 0 Å². The van der Waals surface area contributed by atoms with Gasteiger partial charge >= 0.3 is 0 Å². The number of nitrogens with zero attached hydrogens (tertiary/aromatic N) is 1. The highest BCUT2D eigenvalue weighted by molar-refractivity contribution is 6.00. The molecule has 0 spiro atoms. The van der Waals surface area contributed by atoms with Crippen LogP contribution in [-0.4, -0.2) is 11.5 Å². The lowest BCUT2D eigenvalue weighted by molar-refractivity contribution is 0.687. The summed E-state index contributed by atoms with van der Waals surface area (Å²) in [6.45, 7) is 7.30. The molecule has 1 aromatic carbocycles. The summed E-state index contributed by atoms with van der Waals surface area (Å²) in [5.41, 5.74) is 8.04. The molecule has 0 amide bonds. The van der Waals surface area contributed by atoms with Gasteiger partial charge in [0.2, 0.25) is 0 Å². The molecule has 0 saturated carbocycles. The van der Waals surface area contributed by atoms with Gasteiger partial charge in [-0.15, -0.1) is 0 Å². The van der Waals surface area contributed by atoms with E-state index >= 15 is 0 Å². The van der Waals surface area contributed by atoms with Crippen molar-refractivity contribution in [1.82, 2.24) is 4.98 Å². The number of aromatic nitrogens is 1. The molecule has 3 N–H and O–H groups in total. The number of benzene rings is 1. The molecule has 0 unspecified atom stereocenters. The highest BCUT2D eigenvalue weighted by atomic mass is 15.0. The molecule has 1 heterocycles. The van der Waals surface area contributed by atoms with E-state index in [1.807, 2.05) is 19.1 Å². The number of rotatable bonds is 3. The van der Waals surface area contributed by atoms with Gasteiger partial charge in [0, 0.05) is 29.2 Å². The minimum Gasteiger partial charge on any atom is -0.398 e. The highest BCUT2D eigenvalue weighted by Gasteiger charge is 2.06. The van der Waals surface area contributed by atoms with E-state index in [1.54, 1.807) is 6.20 Å². The first-order chi connectivity index (χ1) is 8.09. The lowest BCUT2D eigenvalue weighted by Gasteiger charge is -2.12. The summed E-state index contributed by atoms with van der Waals surface area (Å²) in [7, 11) is 0. The molecule has 0 fully saturated rings. The van der Waals surface area contributed by atoms with Crippen molar-refractivity contribution in [2.24, 2.45) is 5.92 Å². The molecular formula is C14H19N3. The molecule has 0 atom stereocenters. The Balaban J connectivity index is 2.47. The molecule has 3 nitrogen and oxygen atoms in total. The molecule has 90 valence electrons. The zero-order valence-corrected chi connectivity index (χ0v) is 10.6. The van der Waals surface area contributed by atoms with Crippen LogP contribution < -0.4 is 11.1 Å². The number of hydrogen-bond donors (Lipinski definition) is 2. The molecule has 0 saturated heterocycles. The number of hydrogen-bond acceptors (Lipinski definition) is 3. The Morgan fingerprint density at radius 3 is 2.71 bits per heavy atom. The average molecular weight is 229 g/mol. The zero-order valence-electron chi connectivity index (χ0n) is 10.6. The minimum atomic E-state index is 0.592. The van der Waals surface area contributed by atoms with E-state index < -0.39 is 0 Å². The molecule has 0 aliphatic carbocycles. The van der Waals surface area contributed by atoms with Crippen molar-refractivity contribution < 1.29 is 0 Å². The van der Waals surface area contributed by atoms with Gasteiger partial charge in [0.15, 0.2) is 0 Å². The van der Waals surface area contributed by atoms with Crippen LogP contribution in [0, 0.1) is 12.8 Å². The second-order valence-electron chi connectivity index (χ2n) is 4.83. The lowest BCUT2D eigenvalue weighted by atomic mass is 10.1. The van der Waals surface area contributed by atoms with E-state index in [9.17, 15) is 0 Å². The van der Waals surface area contributed by atoms with Gasteiger partial charge in [-0.3, -0.25) is 0 Å². The Labute approximate surface area is 102 Å². The molecule has 2 aromatic rings. The Kier molecular flexibility index (Phi) is 3.18. The first kappa shape index (κ1) is 11.7. The van der Waals surface area contributed by atoms with Crippen molar-refractivity contribution in [3.63, 3.8) is 0 Å². The molecule has 0 radical (unpaired) electrons. The third-order valence-electron chi connectivity index (χ3n) is 2.88. The Bertz CT molecular complexity index is 532. The summed E-state index contributed by atoms with van der Waals surface area (Å²) in [5.74, 6) is 1.51. The lowest BCUT2D eigenvalue weighted by Crippen LogP contribution is -2.09. The summed E-state index contributed by atoms with van der Waals surface area (Å²) in [4.78, 5) is 4.38. The van der Waals surface area contributed by atoms with Crippen molar-refractivity contribution in [3.05, 3.63) is 30.0 Å². The van der Waals surface area contributed by atoms with Gasteiger partial charge < -0.3 is 11.1 Å². The standard InChI is InChI=1S/C14H19N3/c1-9(2)8-17-14-12-5-4-10(3)13(15)11(12)6-7-16-14/h4-7,9H,8,15H2,1-3H3,(H,16,17). The Morgan fingerprint density at radius 1 is 1.24 bits per heavy atom. The zero-order chi connectivity index (χ0) is 12.4. The molecule has 0 aliphatic rings. The van der Waals surface area contributed by atoms with Crippen LogP contribution in [0.3, 0.4) is 0 Å². The van der Waals surface area contributed by atoms with Gasteiger partial charge in [-0.1, -0.05) is 26.0 Å². The fourth-order valence-electron chi connectivity index (χ4n) is 1.83. The van der Waals surface area contributed by atoms with Crippen LogP contribution in [-0.2, 0) is 0 Å². The Morgan fingerprint density at radius 2 is 2.00 bits per heavy atom. The molecule has 0 bridgehead atoms. The van der Waals surface area contributed by atoms with Crippen LogP contribution in [0.4, 0.5) is 11.5 Å². The van der Waals surface area contributed by atoms with E-state index in [4.69, 9.17) is 5.73 Å². The fraction of sp³-hybridized carbons (Fsp3) is 0.357. The smallest absolute Gasteiger partial charge is 0.133 e. The van der Waals surface area contributed by atoms with Crippen molar-refractivity contribution >= 4 is 22.3 Å². The third kappa shape index (κ3) is 2.33. The monoisotopic (exact) mass is 229 g/mol. The number of nitrogens with one attached hydrogen (secondary N) is 1. The maximum atomic E-state index is 6.09. The van der Waals surface area contributed by atoms with E-state index in [-0.39, 0.29) is 0 Å². The second kappa shape index (κ2) is 4.62. The quantitative estimate of drug-likeness (QED) is 0.795. The molecule has 2 rings (SSSR count). The summed E-state index contributed by atoms with van der Waals surface area (Å²) in [6, 6.07) is 6.09. The average Bonchev–Trinajstić information content (AvgIpc) is 2.31. The molecule has 0 aliphatic heterocycles. The first-order valence-electron chi connectivity index (χ1n) is 5.97.